The van der Waals surface area contributed by atoms with E-state index >= 15 is 0 Å². The van der Waals surface area contributed by atoms with Crippen LogP contribution in [0.5, 0.6) is 5.75 Å². The number of hydrogen-bond donors (Lipinski definition) is 5. The van der Waals surface area contributed by atoms with Gasteiger partial charge in [-0.3, -0.25) is 0 Å². The smallest absolute Gasteiger partial charge is 0.152 e. The summed E-state index contributed by atoms with van der Waals surface area (Å²) < 4.78 is 0. The molecule has 160 valence electrons. The Morgan fingerprint density at radius 1 is 1.33 bits per heavy atom. The first-order valence-corrected chi connectivity index (χ1v) is 11.2. The summed E-state index contributed by atoms with van der Waals surface area (Å²) in [6.07, 6.45) is 3.42. The first kappa shape index (κ1) is 22.3. The number of nitrogens with one attached hydrogen (secondary N) is 3. The molecule has 2 aromatic carbocycles. The van der Waals surface area contributed by atoms with Gasteiger partial charge < -0.3 is 31.1 Å². The standard InChI is InChI=1S/C23H29N3O3S/c1-2-4-17(24)12-16-6-3-5-15(11-16)9-10-25-13-20(29)18-7-8-19(28)22-23(18)30-21(14-27)26-22/h3,5-8,11,14,20-21,24-26,28-29H,2,4,9-10,12-13H2,1H3/t20-,21?/m0/s1. The summed E-state index contributed by atoms with van der Waals surface area (Å²) in [4.78, 5) is 11.8. The molecule has 1 aliphatic heterocycles. The van der Waals surface area contributed by atoms with E-state index in [2.05, 4.69) is 35.8 Å². The molecule has 1 heterocycles. The number of aliphatic hydroxyl groups is 1. The molecule has 2 atom stereocenters. The number of rotatable bonds is 11. The van der Waals surface area contributed by atoms with Crippen LogP contribution in [0.15, 0.2) is 41.3 Å². The van der Waals surface area contributed by atoms with Crippen LogP contribution in [-0.2, 0) is 17.6 Å². The Hall–Kier alpha value is -2.35. The average Bonchev–Trinajstić information content (AvgIpc) is 3.17. The van der Waals surface area contributed by atoms with E-state index < -0.39 is 11.5 Å². The van der Waals surface area contributed by atoms with Gasteiger partial charge >= 0.3 is 0 Å². The molecule has 3 rings (SSSR count). The van der Waals surface area contributed by atoms with Gasteiger partial charge in [0.1, 0.15) is 11.1 Å². The number of phenols is 1. The Kier molecular flexibility index (Phi) is 7.90. The minimum atomic E-state index is -0.736. The van der Waals surface area contributed by atoms with E-state index in [-0.39, 0.29) is 5.75 Å². The van der Waals surface area contributed by atoms with Crippen molar-refractivity contribution in [2.45, 2.75) is 49.0 Å². The number of hydrogen-bond acceptors (Lipinski definition) is 7. The number of anilines is 1. The van der Waals surface area contributed by atoms with Crippen LogP contribution < -0.4 is 10.6 Å². The predicted octanol–water partition coefficient (Wildman–Crippen LogP) is 3.66. The zero-order valence-electron chi connectivity index (χ0n) is 17.1. The van der Waals surface area contributed by atoms with E-state index in [0.29, 0.717) is 24.2 Å². The highest BCUT2D eigenvalue weighted by Gasteiger charge is 2.28. The number of fused-ring (bicyclic) bond motifs is 1. The van der Waals surface area contributed by atoms with Crippen molar-refractivity contribution in [3.63, 3.8) is 0 Å². The molecule has 5 N–H and O–H groups in total. The van der Waals surface area contributed by atoms with Crippen molar-refractivity contribution in [1.82, 2.24) is 5.32 Å². The zero-order chi connectivity index (χ0) is 21.5. The van der Waals surface area contributed by atoms with Crippen molar-refractivity contribution in [3.8, 4) is 5.75 Å². The first-order chi connectivity index (χ1) is 14.5. The molecule has 0 saturated carbocycles. The molecule has 2 aromatic rings. The molecule has 0 amide bonds. The summed E-state index contributed by atoms with van der Waals surface area (Å²) in [5.41, 5.74) is 4.35. The number of phenolic OH excluding ortho intramolecular Hbond substituents is 1. The zero-order valence-corrected chi connectivity index (χ0v) is 18.0. The number of aldehydes is 1. The van der Waals surface area contributed by atoms with E-state index in [4.69, 9.17) is 5.41 Å². The summed E-state index contributed by atoms with van der Waals surface area (Å²) in [6, 6.07) is 11.6. The van der Waals surface area contributed by atoms with Crippen LogP contribution >= 0.6 is 11.8 Å². The van der Waals surface area contributed by atoms with E-state index in [1.165, 1.54) is 22.9 Å². The van der Waals surface area contributed by atoms with Crippen molar-refractivity contribution >= 4 is 29.4 Å². The summed E-state index contributed by atoms with van der Waals surface area (Å²) in [6.45, 7) is 3.19. The molecule has 0 aliphatic carbocycles. The van der Waals surface area contributed by atoms with Crippen LogP contribution in [0, 0.1) is 5.41 Å². The van der Waals surface area contributed by atoms with Gasteiger partial charge in [-0.15, -0.1) is 0 Å². The van der Waals surface area contributed by atoms with Gasteiger partial charge in [0.2, 0.25) is 0 Å². The van der Waals surface area contributed by atoms with E-state index in [1.807, 2.05) is 6.07 Å². The molecule has 1 aliphatic rings. The lowest BCUT2D eigenvalue weighted by molar-refractivity contribution is -0.107. The minimum absolute atomic E-state index is 0.0812. The molecule has 30 heavy (non-hydrogen) atoms. The Morgan fingerprint density at radius 3 is 2.90 bits per heavy atom. The molecule has 0 bridgehead atoms. The lowest BCUT2D eigenvalue weighted by Gasteiger charge is -2.16. The highest BCUT2D eigenvalue weighted by Crippen LogP contribution is 2.46. The van der Waals surface area contributed by atoms with Gasteiger partial charge in [0.05, 0.1) is 11.8 Å². The Bertz CT molecular complexity index is 903. The number of benzene rings is 2. The van der Waals surface area contributed by atoms with E-state index in [1.54, 1.807) is 12.1 Å². The maximum Gasteiger partial charge on any atom is 0.152 e. The van der Waals surface area contributed by atoms with Crippen molar-refractivity contribution in [3.05, 3.63) is 53.1 Å². The molecular weight excluding hydrogens is 398 g/mol. The second kappa shape index (κ2) is 10.6. The van der Waals surface area contributed by atoms with Crippen LogP contribution in [0.4, 0.5) is 5.69 Å². The second-order valence-corrected chi connectivity index (χ2v) is 8.67. The van der Waals surface area contributed by atoms with Gasteiger partial charge in [-0.25, -0.2) is 0 Å². The van der Waals surface area contributed by atoms with Gasteiger partial charge in [-0.1, -0.05) is 55.4 Å². The number of carbonyl (C=O) groups is 1. The predicted molar refractivity (Wildman–Crippen MR) is 122 cm³/mol. The molecule has 6 nitrogen and oxygen atoms in total. The fourth-order valence-corrected chi connectivity index (χ4v) is 4.70. The second-order valence-electron chi connectivity index (χ2n) is 7.52. The van der Waals surface area contributed by atoms with Gasteiger partial charge in [-0.2, -0.15) is 0 Å². The first-order valence-electron chi connectivity index (χ1n) is 10.3. The van der Waals surface area contributed by atoms with Crippen LogP contribution in [0.25, 0.3) is 0 Å². The molecule has 1 unspecified atom stereocenters. The van der Waals surface area contributed by atoms with Crippen molar-refractivity contribution < 1.29 is 15.0 Å². The maximum atomic E-state index is 11.1. The molecule has 0 saturated heterocycles. The lowest BCUT2D eigenvalue weighted by atomic mass is 10.0. The third-order valence-corrected chi connectivity index (χ3v) is 6.23. The largest absolute Gasteiger partial charge is 0.506 e. The maximum absolute atomic E-state index is 11.1. The van der Waals surface area contributed by atoms with Gasteiger partial charge in [0.15, 0.2) is 6.29 Å². The lowest BCUT2D eigenvalue weighted by Crippen LogP contribution is -2.24. The van der Waals surface area contributed by atoms with Gasteiger partial charge in [-0.05, 0) is 42.1 Å². The fourth-order valence-electron chi connectivity index (χ4n) is 3.59. The molecule has 0 aromatic heterocycles. The van der Waals surface area contributed by atoms with Crippen LogP contribution in [0.3, 0.4) is 0 Å². The topological polar surface area (TPSA) is 105 Å². The fraction of sp³-hybridized carbons (Fsp3) is 0.391. The third-order valence-electron chi connectivity index (χ3n) is 5.07. The van der Waals surface area contributed by atoms with Gasteiger partial charge in [0.25, 0.3) is 0 Å². The van der Waals surface area contributed by atoms with E-state index in [0.717, 1.165) is 42.7 Å². The molecule has 0 fully saturated rings. The molecule has 7 heteroatoms. The SMILES string of the molecule is CCCC(=N)Cc1cccc(CCNC[C@H](O)c2ccc(O)c3c2SC(C=O)N3)c1. The van der Waals surface area contributed by atoms with Crippen LogP contribution in [-0.4, -0.2) is 40.7 Å². The average molecular weight is 428 g/mol. The quantitative estimate of drug-likeness (QED) is 0.162. The van der Waals surface area contributed by atoms with Gasteiger partial charge in [0, 0.05) is 23.6 Å². The Balaban J connectivity index is 1.52. The highest BCUT2D eigenvalue weighted by atomic mass is 32.2. The Morgan fingerprint density at radius 2 is 2.13 bits per heavy atom. The van der Waals surface area contributed by atoms with E-state index in [9.17, 15) is 15.0 Å². The minimum Gasteiger partial charge on any atom is -0.506 e. The number of thioether (sulfide) groups is 1. The van der Waals surface area contributed by atoms with Crippen molar-refractivity contribution in [2.24, 2.45) is 0 Å². The summed E-state index contributed by atoms with van der Waals surface area (Å²) >= 11 is 1.31. The summed E-state index contributed by atoms with van der Waals surface area (Å²) in [5, 5.41) is 34.4. The number of aromatic hydroxyl groups is 1. The van der Waals surface area contributed by atoms with Crippen molar-refractivity contribution in [1.29, 1.82) is 5.41 Å². The Labute approximate surface area is 181 Å². The van der Waals surface area contributed by atoms with Crippen LogP contribution in [0.1, 0.15) is 42.6 Å². The monoisotopic (exact) mass is 427 g/mol. The van der Waals surface area contributed by atoms with Crippen molar-refractivity contribution in [2.75, 3.05) is 18.4 Å². The normalized spacial score (nSPS) is 16.0. The van der Waals surface area contributed by atoms with Crippen LogP contribution in [0.2, 0.25) is 0 Å². The molecular formula is C23H29N3O3S. The number of carbonyl (C=O) groups excluding carboxylic acids is 1. The number of aliphatic hydroxyl groups excluding tert-OH is 1. The third kappa shape index (κ3) is 5.62. The molecule has 0 radical (unpaired) electrons. The summed E-state index contributed by atoms with van der Waals surface area (Å²) in [5.74, 6) is 0.0812. The highest BCUT2D eigenvalue weighted by molar-refractivity contribution is 8.01. The molecule has 0 spiro atoms. The summed E-state index contributed by atoms with van der Waals surface area (Å²) in [7, 11) is 0.